The fourth-order valence-electron chi connectivity index (χ4n) is 1.30. The Bertz CT molecular complexity index is 447. The molecule has 0 spiro atoms. The number of anilines is 1. The van der Waals surface area contributed by atoms with Crippen molar-refractivity contribution in [2.24, 2.45) is 0 Å². The van der Waals surface area contributed by atoms with E-state index in [0.717, 1.165) is 4.90 Å². The van der Waals surface area contributed by atoms with Crippen molar-refractivity contribution in [2.75, 3.05) is 5.32 Å². The zero-order valence-electron chi connectivity index (χ0n) is 8.23. The zero-order valence-corrected chi connectivity index (χ0v) is 10.6. The van der Waals surface area contributed by atoms with Gasteiger partial charge in [0.1, 0.15) is 5.82 Å². The van der Waals surface area contributed by atoms with E-state index in [1.54, 1.807) is 6.07 Å². The molecular formula is C10H9BrFNOS. The molecule has 15 heavy (non-hydrogen) atoms. The first kappa shape index (κ1) is 11.0. The number of hydrogen-bond acceptors (Lipinski definition) is 2. The van der Waals surface area contributed by atoms with Gasteiger partial charge >= 0.3 is 0 Å². The van der Waals surface area contributed by atoms with E-state index < -0.39 is 4.75 Å². The SMILES string of the molecule is CC1(C)Sc2cc(F)c(Br)cc2NC1=O. The van der Waals surface area contributed by atoms with Gasteiger partial charge in [-0.3, -0.25) is 4.79 Å². The first-order chi connectivity index (χ1) is 6.90. The van der Waals surface area contributed by atoms with Gasteiger partial charge in [-0.25, -0.2) is 4.39 Å². The molecule has 0 fully saturated rings. The van der Waals surface area contributed by atoms with Crippen LogP contribution in [0.15, 0.2) is 21.5 Å². The zero-order chi connectivity index (χ0) is 11.2. The second-order valence-electron chi connectivity index (χ2n) is 3.83. The fraction of sp³-hybridized carbons (Fsp3) is 0.300. The van der Waals surface area contributed by atoms with Crippen molar-refractivity contribution >= 4 is 39.3 Å². The minimum absolute atomic E-state index is 0.0569. The van der Waals surface area contributed by atoms with Gasteiger partial charge in [-0.15, -0.1) is 11.8 Å². The number of fused-ring (bicyclic) bond motifs is 1. The summed E-state index contributed by atoms with van der Waals surface area (Å²) >= 11 is 4.46. The minimum atomic E-state index is -0.548. The predicted octanol–water partition coefficient (Wildman–Crippen LogP) is 3.41. The smallest absolute Gasteiger partial charge is 0.240 e. The molecule has 1 aromatic carbocycles. The van der Waals surface area contributed by atoms with E-state index in [-0.39, 0.29) is 11.7 Å². The first-order valence-corrected chi connectivity index (χ1v) is 6.00. The molecule has 80 valence electrons. The number of nitrogens with one attached hydrogen (secondary N) is 1. The van der Waals surface area contributed by atoms with E-state index in [1.807, 2.05) is 13.8 Å². The third-order valence-corrected chi connectivity index (χ3v) is 4.04. The van der Waals surface area contributed by atoms with Crippen LogP contribution in [-0.4, -0.2) is 10.7 Å². The lowest BCUT2D eigenvalue weighted by atomic mass is 10.1. The molecule has 0 unspecified atom stereocenters. The van der Waals surface area contributed by atoms with Crippen molar-refractivity contribution in [1.29, 1.82) is 0 Å². The molecule has 2 nitrogen and oxygen atoms in total. The summed E-state index contributed by atoms with van der Waals surface area (Å²) in [6.45, 7) is 3.63. The van der Waals surface area contributed by atoms with Crippen molar-refractivity contribution in [3.63, 3.8) is 0 Å². The maximum Gasteiger partial charge on any atom is 0.240 e. The summed E-state index contributed by atoms with van der Waals surface area (Å²) in [5.41, 5.74) is 0.664. The normalized spacial score (nSPS) is 18.3. The van der Waals surface area contributed by atoms with Crippen LogP contribution in [0.4, 0.5) is 10.1 Å². The molecule has 1 aliphatic heterocycles. The monoisotopic (exact) mass is 289 g/mol. The van der Waals surface area contributed by atoms with Crippen molar-refractivity contribution in [3.05, 3.63) is 22.4 Å². The summed E-state index contributed by atoms with van der Waals surface area (Å²) in [5, 5.41) is 2.76. The van der Waals surface area contributed by atoms with Crippen LogP contribution >= 0.6 is 27.7 Å². The Balaban J connectivity index is 2.51. The number of thioether (sulfide) groups is 1. The topological polar surface area (TPSA) is 29.1 Å². The standard InChI is InChI=1S/C10H9BrFNOS/c1-10(2)9(14)13-7-3-5(11)6(12)4-8(7)15-10/h3-4H,1-2H3,(H,13,14). The van der Waals surface area contributed by atoms with Crippen molar-refractivity contribution < 1.29 is 9.18 Å². The van der Waals surface area contributed by atoms with Gasteiger partial charge in [0.2, 0.25) is 5.91 Å². The minimum Gasteiger partial charge on any atom is -0.324 e. The molecule has 0 atom stereocenters. The summed E-state index contributed by atoms with van der Waals surface area (Å²) in [4.78, 5) is 12.4. The van der Waals surface area contributed by atoms with Gasteiger partial charge in [0.05, 0.1) is 14.9 Å². The number of halogens is 2. The molecule has 1 aromatic rings. The van der Waals surface area contributed by atoms with E-state index in [4.69, 9.17) is 0 Å². The van der Waals surface area contributed by atoms with Crippen LogP contribution in [0.1, 0.15) is 13.8 Å². The molecule has 0 saturated heterocycles. The molecule has 1 amide bonds. The lowest BCUT2D eigenvalue weighted by Gasteiger charge is -2.29. The number of rotatable bonds is 0. The highest BCUT2D eigenvalue weighted by Gasteiger charge is 2.34. The molecule has 1 aliphatic rings. The number of carbonyl (C=O) groups is 1. The third-order valence-electron chi connectivity index (χ3n) is 2.18. The Labute approximate surface area is 99.8 Å². The predicted molar refractivity (Wildman–Crippen MR) is 62.7 cm³/mol. The second-order valence-corrected chi connectivity index (χ2v) is 6.35. The van der Waals surface area contributed by atoms with Crippen LogP contribution in [0, 0.1) is 5.82 Å². The van der Waals surface area contributed by atoms with Crippen LogP contribution in [0.5, 0.6) is 0 Å². The molecule has 1 N–H and O–H groups in total. The van der Waals surface area contributed by atoms with Crippen LogP contribution in [0.25, 0.3) is 0 Å². The molecule has 0 saturated carbocycles. The third kappa shape index (κ3) is 1.90. The van der Waals surface area contributed by atoms with Gasteiger partial charge in [-0.2, -0.15) is 0 Å². The Hall–Kier alpha value is -0.550. The highest BCUT2D eigenvalue weighted by Crippen LogP contribution is 2.43. The van der Waals surface area contributed by atoms with Crippen molar-refractivity contribution in [1.82, 2.24) is 0 Å². The van der Waals surface area contributed by atoms with E-state index >= 15 is 0 Å². The summed E-state index contributed by atoms with van der Waals surface area (Å²) in [6.07, 6.45) is 0. The highest BCUT2D eigenvalue weighted by molar-refractivity contribution is 9.10. The molecular weight excluding hydrogens is 281 g/mol. The fourth-order valence-corrected chi connectivity index (χ4v) is 2.72. The van der Waals surface area contributed by atoms with Crippen molar-refractivity contribution in [2.45, 2.75) is 23.5 Å². The largest absolute Gasteiger partial charge is 0.324 e. The van der Waals surface area contributed by atoms with Crippen LogP contribution in [-0.2, 0) is 4.79 Å². The number of amides is 1. The first-order valence-electron chi connectivity index (χ1n) is 4.40. The Kier molecular flexibility index (Phi) is 2.55. The molecule has 5 heteroatoms. The molecule has 0 aromatic heterocycles. The van der Waals surface area contributed by atoms with Gasteiger partial charge in [-0.05, 0) is 41.9 Å². The van der Waals surface area contributed by atoms with Gasteiger partial charge < -0.3 is 5.32 Å². The quantitative estimate of drug-likeness (QED) is 0.793. The number of carbonyl (C=O) groups excluding carboxylic acids is 1. The van der Waals surface area contributed by atoms with E-state index in [0.29, 0.717) is 10.2 Å². The molecule has 0 radical (unpaired) electrons. The Morgan fingerprint density at radius 1 is 1.47 bits per heavy atom. The Morgan fingerprint density at radius 2 is 2.13 bits per heavy atom. The van der Waals surface area contributed by atoms with Gasteiger partial charge in [0.15, 0.2) is 0 Å². The molecule has 0 aliphatic carbocycles. The van der Waals surface area contributed by atoms with Gasteiger partial charge in [-0.1, -0.05) is 0 Å². The van der Waals surface area contributed by atoms with E-state index in [1.165, 1.54) is 17.8 Å². The molecule has 1 heterocycles. The summed E-state index contributed by atoms with van der Waals surface area (Å²) < 4.78 is 13.1. The molecule has 2 rings (SSSR count). The average Bonchev–Trinajstić information content (AvgIpc) is 2.11. The average molecular weight is 290 g/mol. The number of hydrogen-bond donors (Lipinski definition) is 1. The molecule has 0 bridgehead atoms. The summed E-state index contributed by atoms with van der Waals surface area (Å²) in [7, 11) is 0. The van der Waals surface area contributed by atoms with Crippen LogP contribution in [0.2, 0.25) is 0 Å². The summed E-state index contributed by atoms with van der Waals surface area (Å²) in [6, 6.07) is 3.02. The maximum absolute atomic E-state index is 13.3. The summed E-state index contributed by atoms with van der Waals surface area (Å²) in [5.74, 6) is -0.369. The lowest BCUT2D eigenvalue weighted by Crippen LogP contribution is -2.37. The number of benzene rings is 1. The van der Waals surface area contributed by atoms with Crippen LogP contribution < -0.4 is 5.32 Å². The van der Waals surface area contributed by atoms with E-state index in [2.05, 4.69) is 21.2 Å². The highest BCUT2D eigenvalue weighted by atomic mass is 79.9. The lowest BCUT2D eigenvalue weighted by molar-refractivity contribution is -0.117. The van der Waals surface area contributed by atoms with E-state index in [9.17, 15) is 9.18 Å². The Morgan fingerprint density at radius 3 is 2.80 bits per heavy atom. The maximum atomic E-state index is 13.3. The second kappa shape index (κ2) is 3.49. The van der Waals surface area contributed by atoms with Crippen LogP contribution in [0.3, 0.4) is 0 Å². The van der Waals surface area contributed by atoms with Crippen molar-refractivity contribution in [3.8, 4) is 0 Å². The van der Waals surface area contributed by atoms with Gasteiger partial charge in [0.25, 0.3) is 0 Å². The van der Waals surface area contributed by atoms with Gasteiger partial charge in [0, 0.05) is 4.90 Å².